The van der Waals surface area contributed by atoms with Crippen LogP contribution in [0.1, 0.15) is 39.8 Å². The summed E-state index contributed by atoms with van der Waals surface area (Å²) in [6.07, 6.45) is 1.90. The average molecular weight is 529 g/mol. The first kappa shape index (κ1) is 27.7. The number of ether oxygens (including phenoxy) is 4. The van der Waals surface area contributed by atoms with E-state index in [0.717, 1.165) is 0 Å². The van der Waals surface area contributed by atoms with Crippen LogP contribution < -0.4 is 20.6 Å². The number of rotatable bonds is 14. The summed E-state index contributed by atoms with van der Waals surface area (Å²) in [4.78, 5) is 36.1. The quantitative estimate of drug-likeness (QED) is 0.231. The highest BCUT2D eigenvalue weighted by molar-refractivity contribution is 7.54. The van der Waals surface area contributed by atoms with Crippen LogP contribution in [-0.4, -0.2) is 77.1 Å². The summed E-state index contributed by atoms with van der Waals surface area (Å²) in [5.74, 6) is -0.892. The highest BCUT2D eigenvalue weighted by atomic mass is 31.2. The summed E-state index contributed by atoms with van der Waals surface area (Å²) >= 11 is 0. The lowest BCUT2D eigenvalue weighted by Gasteiger charge is -2.22. The van der Waals surface area contributed by atoms with Crippen LogP contribution in [0.3, 0.4) is 0 Å². The first-order valence-corrected chi connectivity index (χ1v) is 13.2. The predicted octanol–water partition coefficient (Wildman–Crippen LogP) is 0.915. The van der Waals surface area contributed by atoms with Crippen molar-refractivity contribution in [3.8, 4) is 5.88 Å². The van der Waals surface area contributed by atoms with E-state index in [0.29, 0.717) is 30.6 Å². The number of nitrogens with zero attached hydrogens (tertiary/aromatic N) is 4. The predicted molar refractivity (Wildman–Crippen MR) is 127 cm³/mol. The van der Waals surface area contributed by atoms with E-state index >= 15 is 0 Å². The Balaban J connectivity index is 1.64. The van der Waals surface area contributed by atoms with Crippen LogP contribution in [-0.2, 0) is 32.9 Å². The van der Waals surface area contributed by atoms with Crippen LogP contribution in [0.5, 0.6) is 5.88 Å². The number of hydrogen-bond donors (Lipinski definition) is 3. The molecule has 36 heavy (non-hydrogen) atoms. The Bertz CT molecular complexity index is 1070. The molecule has 0 saturated carbocycles. The van der Waals surface area contributed by atoms with Crippen molar-refractivity contribution in [2.24, 2.45) is 0 Å². The molecule has 1 saturated heterocycles. The van der Waals surface area contributed by atoms with Crippen molar-refractivity contribution in [3.63, 3.8) is 0 Å². The molecule has 0 aromatic carbocycles. The summed E-state index contributed by atoms with van der Waals surface area (Å²) in [6, 6.07) is 0. The number of anilines is 1. The molecular weight excluding hydrogens is 497 g/mol. The molecule has 3 heterocycles. The lowest BCUT2D eigenvalue weighted by molar-refractivity contribution is -0.142. The SMILES string of the molecule is CCOC(=O)CNP(=O)(NCC(=O)OCC)OC[C@@H]1CCC(n2cnc3c(OCC)nc(N)nc32)O1. The number of nitrogens with one attached hydrogen (secondary N) is 2. The minimum absolute atomic E-state index is 0.0480. The fraction of sp³-hybridized carbons (Fsp3) is 0.650. The normalized spacial score (nSPS) is 17.9. The van der Waals surface area contributed by atoms with Gasteiger partial charge >= 0.3 is 19.6 Å². The lowest BCUT2D eigenvalue weighted by Crippen LogP contribution is -2.34. The van der Waals surface area contributed by atoms with E-state index in [-0.39, 0.29) is 44.7 Å². The molecule has 3 rings (SSSR count). The van der Waals surface area contributed by atoms with Crippen molar-refractivity contribution in [2.75, 3.05) is 45.3 Å². The van der Waals surface area contributed by atoms with E-state index in [1.165, 1.54) is 0 Å². The molecule has 2 aromatic heterocycles. The monoisotopic (exact) mass is 529 g/mol. The molecule has 0 radical (unpaired) electrons. The Hall–Kier alpha value is -2.84. The number of carbonyl (C=O) groups excluding carboxylic acids is 2. The smallest absolute Gasteiger partial charge is 0.341 e. The van der Waals surface area contributed by atoms with Crippen molar-refractivity contribution in [3.05, 3.63) is 6.33 Å². The van der Waals surface area contributed by atoms with Gasteiger partial charge in [-0.05, 0) is 33.6 Å². The fourth-order valence-electron chi connectivity index (χ4n) is 3.47. The maximum atomic E-state index is 13.2. The molecule has 2 aromatic rings. The zero-order valence-electron chi connectivity index (χ0n) is 20.5. The van der Waals surface area contributed by atoms with Gasteiger partial charge in [-0.3, -0.25) is 18.7 Å². The Labute approximate surface area is 207 Å². The molecule has 1 aliphatic rings. The lowest BCUT2D eigenvalue weighted by atomic mass is 10.2. The van der Waals surface area contributed by atoms with E-state index in [1.54, 1.807) is 24.7 Å². The summed E-state index contributed by atoms with van der Waals surface area (Å²) in [6.45, 7) is 5.05. The van der Waals surface area contributed by atoms with Crippen molar-refractivity contribution < 1.29 is 37.6 Å². The Morgan fingerprint density at radius 3 is 2.39 bits per heavy atom. The van der Waals surface area contributed by atoms with Crippen molar-refractivity contribution in [1.29, 1.82) is 0 Å². The molecular formula is C20H32N7O8P. The van der Waals surface area contributed by atoms with Crippen molar-refractivity contribution in [1.82, 2.24) is 29.7 Å². The Morgan fingerprint density at radius 2 is 1.78 bits per heavy atom. The maximum Gasteiger partial charge on any atom is 0.341 e. The first-order chi connectivity index (χ1) is 17.3. The average Bonchev–Trinajstić information content (AvgIpc) is 3.48. The molecule has 0 amide bonds. The van der Waals surface area contributed by atoms with Crippen LogP contribution in [0, 0.1) is 0 Å². The van der Waals surface area contributed by atoms with Crippen molar-refractivity contribution >= 4 is 36.7 Å². The van der Waals surface area contributed by atoms with Crippen LogP contribution in [0.25, 0.3) is 11.2 Å². The second-order valence-electron chi connectivity index (χ2n) is 7.56. The zero-order chi connectivity index (χ0) is 26.1. The summed E-state index contributed by atoms with van der Waals surface area (Å²) < 4.78 is 41.8. The molecule has 0 aliphatic carbocycles. The molecule has 15 nitrogen and oxygen atoms in total. The second kappa shape index (κ2) is 12.9. The molecule has 4 N–H and O–H groups in total. The molecule has 16 heteroatoms. The molecule has 1 fully saturated rings. The number of nitrogen functional groups attached to an aromatic ring is 1. The van der Waals surface area contributed by atoms with Crippen LogP contribution >= 0.6 is 7.67 Å². The van der Waals surface area contributed by atoms with Crippen LogP contribution in [0.15, 0.2) is 6.33 Å². The van der Waals surface area contributed by atoms with Gasteiger partial charge in [0.25, 0.3) is 0 Å². The van der Waals surface area contributed by atoms with E-state index in [9.17, 15) is 14.2 Å². The highest BCUT2D eigenvalue weighted by Crippen LogP contribution is 2.39. The third-order valence-electron chi connectivity index (χ3n) is 5.00. The Morgan fingerprint density at radius 1 is 1.11 bits per heavy atom. The molecule has 200 valence electrons. The summed E-state index contributed by atoms with van der Waals surface area (Å²) in [5.41, 5.74) is 6.76. The molecule has 1 aliphatic heterocycles. The number of fused-ring (bicyclic) bond motifs is 1. The van der Waals surface area contributed by atoms with Gasteiger partial charge in [-0.2, -0.15) is 9.97 Å². The minimum Gasteiger partial charge on any atom is -0.476 e. The third-order valence-corrected chi connectivity index (χ3v) is 6.66. The molecule has 0 spiro atoms. The van der Waals surface area contributed by atoms with Gasteiger partial charge in [0.2, 0.25) is 11.8 Å². The Kier molecular flexibility index (Phi) is 9.96. The maximum absolute atomic E-state index is 13.2. The molecule has 2 atom stereocenters. The third kappa shape index (κ3) is 7.34. The van der Waals surface area contributed by atoms with Crippen LogP contribution in [0.2, 0.25) is 0 Å². The number of nitrogens with two attached hydrogens (primary N) is 1. The van der Waals surface area contributed by atoms with E-state index in [1.807, 2.05) is 6.92 Å². The minimum atomic E-state index is -3.82. The van der Waals surface area contributed by atoms with Crippen molar-refractivity contribution in [2.45, 2.75) is 45.9 Å². The largest absolute Gasteiger partial charge is 0.476 e. The number of imidazole rings is 1. The van der Waals surface area contributed by atoms with Gasteiger partial charge in [0, 0.05) is 0 Å². The van der Waals surface area contributed by atoms with Crippen LogP contribution in [0.4, 0.5) is 5.95 Å². The van der Waals surface area contributed by atoms with Gasteiger partial charge in [0.15, 0.2) is 11.2 Å². The highest BCUT2D eigenvalue weighted by Gasteiger charge is 2.32. The van der Waals surface area contributed by atoms with Gasteiger partial charge in [0.05, 0.1) is 38.9 Å². The first-order valence-electron chi connectivity index (χ1n) is 11.6. The van der Waals surface area contributed by atoms with Gasteiger partial charge < -0.3 is 29.2 Å². The fourth-order valence-corrected chi connectivity index (χ4v) is 4.81. The number of aromatic nitrogens is 4. The zero-order valence-corrected chi connectivity index (χ0v) is 21.4. The molecule has 1 unspecified atom stereocenters. The van der Waals surface area contributed by atoms with E-state index in [2.05, 4.69) is 25.1 Å². The number of carbonyl (C=O) groups is 2. The van der Waals surface area contributed by atoms with E-state index < -0.39 is 31.9 Å². The summed E-state index contributed by atoms with van der Waals surface area (Å²) in [5, 5.41) is 5.03. The van der Waals surface area contributed by atoms with Gasteiger partial charge in [-0.1, -0.05) is 0 Å². The number of hydrogen-bond acceptors (Lipinski definition) is 12. The van der Waals surface area contributed by atoms with Gasteiger partial charge in [-0.15, -0.1) is 0 Å². The van der Waals surface area contributed by atoms with Gasteiger partial charge in [-0.25, -0.2) is 15.2 Å². The van der Waals surface area contributed by atoms with Gasteiger partial charge in [0.1, 0.15) is 19.3 Å². The standard InChI is InChI=1S/C20H32N7O8P/c1-4-31-15(28)9-23-36(30,24-10-16(29)32-5-2)34-11-13-7-8-14(35-13)27-12-22-17-18(27)25-20(21)26-19(17)33-6-3/h12-14H,4-11H2,1-3H3,(H2,21,25,26)(H2,23,24,30)/t13-,14?/m0/s1. The van der Waals surface area contributed by atoms with E-state index in [4.69, 9.17) is 29.2 Å². The topological polar surface area (TPSA) is 191 Å². The summed E-state index contributed by atoms with van der Waals surface area (Å²) in [7, 11) is -3.82. The second-order valence-corrected chi connectivity index (χ2v) is 9.55. The number of esters is 2. The molecule has 0 bridgehead atoms.